The Morgan fingerprint density at radius 3 is 2.62 bits per heavy atom. The van der Waals surface area contributed by atoms with Crippen molar-refractivity contribution in [3.63, 3.8) is 0 Å². The van der Waals surface area contributed by atoms with E-state index in [1.807, 2.05) is 18.2 Å². The summed E-state index contributed by atoms with van der Waals surface area (Å²) in [6.45, 7) is 4.40. The molecular formula is C26H30N2O4. The van der Waals surface area contributed by atoms with Gasteiger partial charge in [0.15, 0.2) is 0 Å². The first-order chi connectivity index (χ1) is 15.5. The van der Waals surface area contributed by atoms with Gasteiger partial charge >= 0.3 is 0 Å². The lowest BCUT2D eigenvalue weighted by Gasteiger charge is -2.15. The number of primary amides is 1. The SMILES string of the molecule is CCCCOCC(NC(=O)c1c(C)oc2ccc(C3CC3c3ccccc3)cc12)C(N)=O. The fourth-order valence-corrected chi connectivity index (χ4v) is 4.26. The van der Waals surface area contributed by atoms with Gasteiger partial charge in [-0.2, -0.15) is 0 Å². The van der Waals surface area contributed by atoms with E-state index in [2.05, 4.69) is 42.6 Å². The number of amides is 2. The second kappa shape index (κ2) is 9.57. The molecule has 2 aromatic carbocycles. The molecule has 3 unspecified atom stereocenters. The number of nitrogens with one attached hydrogen (secondary N) is 1. The predicted molar refractivity (Wildman–Crippen MR) is 124 cm³/mol. The van der Waals surface area contributed by atoms with E-state index in [0.29, 0.717) is 35.3 Å². The first kappa shape index (κ1) is 22.1. The molecule has 2 amide bonds. The first-order valence-electron chi connectivity index (χ1n) is 11.3. The van der Waals surface area contributed by atoms with E-state index in [1.54, 1.807) is 6.92 Å². The highest BCUT2D eigenvalue weighted by Crippen LogP contribution is 2.55. The van der Waals surface area contributed by atoms with E-state index < -0.39 is 11.9 Å². The Balaban J connectivity index is 1.53. The van der Waals surface area contributed by atoms with Crippen molar-refractivity contribution in [2.75, 3.05) is 13.2 Å². The van der Waals surface area contributed by atoms with E-state index in [9.17, 15) is 9.59 Å². The third-order valence-corrected chi connectivity index (χ3v) is 6.14. The molecule has 0 bridgehead atoms. The van der Waals surface area contributed by atoms with E-state index in [-0.39, 0.29) is 12.5 Å². The Morgan fingerprint density at radius 1 is 1.16 bits per heavy atom. The lowest BCUT2D eigenvalue weighted by atomic mass is 10.0. The highest BCUT2D eigenvalue weighted by molar-refractivity contribution is 6.08. The van der Waals surface area contributed by atoms with Crippen LogP contribution in [0.2, 0.25) is 0 Å². The number of unbranched alkanes of at least 4 members (excludes halogenated alkanes) is 1. The number of aryl methyl sites for hydroxylation is 1. The average Bonchev–Trinajstić information content (AvgIpc) is 3.51. The molecular weight excluding hydrogens is 404 g/mol. The molecule has 1 aromatic heterocycles. The van der Waals surface area contributed by atoms with Gasteiger partial charge in [0.05, 0.1) is 12.2 Å². The van der Waals surface area contributed by atoms with Crippen LogP contribution in [0, 0.1) is 6.92 Å². The number of fused-ring (bicyclic) bond motifs is 1. The number of carbonyl (C=O) groups excluding carboxylic acids is 2. The molecule has 3 N–H and O–H groups in total. The van der Waals surface area contributed by atoms with Gasteiger partial charge in [-0.15, -0.1) is 0 Å². The second-order valence-electron chi connectivity index (χ2n) is 8.51. The number of nitrogens with two attached hydrogens (primary N) is 1. The maximum atomic E-state index is 13.1. The number of furan rings is 1. The van der Waals surface area contributed by atoms with Crippen LogP contribution in [-0.2, 0) is 9.53 Å². The van der Waals surface area contributed by atoms with Crippen LogP contribution in [0.3, 0.4) is 0 Å². The number of ether oxygens (including phenoxy) is 1. The highest BCUT2D eigenvalue weighted by Gasteiger charge is 2.39. The van der Waals surface area contributed by atoms with Crippen molar-refractivity contribution in [2.24, 2.45) is 5.73 Å². The molecule has 6 heteroatoms. The van der Waals surface area contributed by atoms with Crippen LogP contribution in [0.5, 0.6) is 0 Å². The van der Waals surface area contributed by atoms with E-state index in [1.165, 1.54) is 11.1 Å². The molecule has 168 valence electrons. The van der Waals surface area contributed by atoms with Crippen molar-refractivity contribution in [3.8, 4) is 0 Å². The van der Waals surface area contributed by atoms with E-state index in [4.69, 9.17) is 14.9 Å². The number of hydrogen-bond acceptors (Lipinski definition) is 4. The van der Waals surface area contributed by atoms with Crippen molar-refractivity contribution < 1.29 is 18.7 Å². The largest absolute Gasteiger partial charge is 0.461 e. The monoisotopic (exact) mass is 434 g/mol. The van der Waals surface area contributed by atoms with Gasteiger partial charge in [0.25, 0.3) is 5.91 Å². The number of hydrogen-bond donors (Lipinski definition) is 2. The molecule has 3 atom stereocenters. The summed E-state index contributed by atoms with van der Waals surface area (Å²) in [7, 11) is 0. The maximum Gasteiger partial charge on any atom is 0.256 e. The van der Waals surface area contributed by atoms with Gasteiger partial charge in [0.2, 0.25) is 5.91 Å². The quantitative estimate of drug-likeness (QED) is 0.462. The molecule has 1 aliphatic carbocycles. The Bertz CT molecular complexity index is 1110. The Morgan fingerprint density at radius 2 is 1.91 bits per heavy atom. The zero-order valence-corrected chi connectivity index (χ0v) is 18.6. The van der Waals surface area contributed by atoms with Crippen molar-refractivity contribution in [2.45, 2.75) is 51.0 Å². The minimum Gasteiger partial charge on any atom is -0.461 e. The van der Waals surface area contributed by atoms with Gasteiger partial charge in [0.1, 0.15) is 17.4 Å². The summed E-state index contributed by atoms with van der Waals surface area (Å²) >= 11 is 0. The summed E-state index contributed by atoms with van der Waals surface area (Å²) in [5.41, 5.74) is 9.12. The molecule has 0 aliphatic heterocycles. The minimum absolute atomic E-state index is 0.0575. The lowest BCUT2D eigenvalue weighted by molar-refractivity contribution is -0.121. The standard InChI is InChI=1S/C26H30N2O4/c1-3-4-12-31-15-22(25(27)29)28-26(30)24-16(2)32-23-11-10-18(13-21(23)24)20-14-19(20)17-8-6-5-7-9-17/h5-11,13,19-20,22H,3-4,12,14-15H2,1-2H3,(H2,27,29)(H,28,30). The van der Waals surface area contributed by atoms with Crippen LogP contribution < -0.4 is 11.1 Å². The zero-order valence-electron chi connectivity index (χ0n) is 18.6. The van der Waals surface area contributed by atoms with Gasteiger partial charge in [-0.05, 0) is 54.9 Å². The molecule has 0 spiro atoms. The predicted octanol–water partition coefficient (Wildman–Crippen LogP) is 4.41. The molecule has 1 heterocycles. The second-order valence-corrected chi connectivity index (χ2v) is 8.51. The van der Waals surface area contributed by atoms with Crippen LogP contribution in [0.1, 0.15) is 65.3 Å². The van der Waals surface area contributed by atoms with Crippen LogP contribution in [0.4, 0.5) is 0 Å². The first-order valence-corrected chi connectivity index (χ1v) is 11.3. The molecule has 1 fully saturated rings. The fourth-order valence-electron chi connectivity index (χ4n) is 4.26. The molecule has 0 radical (unpaired) electrons. The van der Waals surface area contributed by atoms with Gasteiger partial charge in [-0.25, -0.2) is 0 Å². The third kappa shape index (κ3) is 4.70. The molecule has 1 aliphatic rings. The van der Waals surface area contributed by atoms with Gasteiger partial charge in [0, 0.05) is 12.0 Å². The van der Waals surface area contributed by atoms with Crippen LogP contribution >= 0.6 is 0 Å². The molecule has 6 nitrogen and oxygen atoms in total. The number of benzene rings is 2. The number of carbonyl (C=O) groups is 2. The Labute approximate surface area is 188 Å². The van der Waals surface area contributed by atoms with Crippen molar-refractivity contribution in [1.82, 2.24) is 5.32 Å². The summed E-state index contributed by atoms with van der Waals surface area (Å²) in [5, 5.41) is 3.49. The van der Waals surface area contributed by atoms with Gasteiger partial charge in [-0.1, -0.05) is 49.7 Å². The maximum absolute atomic E-state index is 13.1. The minimum atomic E-state index is -0.891. The smallest absolute Gasteiger partial charge is 0.256 e. The Hall–Kier alpha value is -3.12. The summed E-state index contributed by atoms with van der Waals surface area (Å²) in [6, 6.07) is 15.6. The number of rotatable bonds is 10. The highest BCUT2D eigenvalue weighted by atomic mass is 16.5. The summed E-state index contributed by atoms with van der Waals surface area (Å²) in [5.74, 6) is 0.443. The normalized spacial score (nSPS) is 18.4. The van der Waals surface area contributed by atoms with Crippen LogP contribution in [0.15, 0.2) is 52.9 Å². The summed E-state index contributed by atoms with van der Waals surface area (Å²) in [6.07, 6.45) is 2.97. The van der Waals surface area contributed by atoms with Gasteiger partial charge in [-0.3, -0.25) is 9.59 Å². The van der Waals surface area contributed by atoms with Crippen LogP contribution in [0.25, 0.3) is 11.0 Å². The van der Waals surface area contributed by atoms with Crippen LogP contribution in [-0.4, -0.2) is 31.1 Å². The molecule has 0 saturated heterocycles. The van der Waals surface area contributed by atoms with E-state index in [0.717, 1.165) is 24.6 Å². The summed E-state index contributed by atoms with van der Waals surface area (Å²) < 4.78 is 11.3. The summed E-state index contributed by atoms with van der Waals surface area (Å²) in [4.78, 5) is 24.9. The lowest BCUT2D eigenvalue weighted by Crippen LogP contribution is -2.47. The van der Waals surface area contributed by atoms with Crippen molar-refractivity contribution in [3.05, 3.63) is 71.0 Å². The fraction of sp³-hybridized carbons (Fsp3) is 0.385. The van der Waals surface area contributed by atoms with Crippen molar-refractivity contribution in [1.29, 1.82) is 0 Å². The van der Waals surface area contributed by atoms with Crippen molar-refractivity contribution >= 4 is 22.8 Å². The molecule has 4 rings (SSSR count). The van der Waals surface area contributed by atoms with E-state index >= 15 is 0 Å². The Kier molecular flexibility index (Phi) is 6.61. The third-order valence-electron chi connectivity index (χ3n) is 6.14. The zero-order chi connectivity index (χ0) is 22.7. The van der Waals surface area contributed by atoms with Gasteiger partial charge < -0.3 is 20.2 Å². The molecule has 32 heavy (non-hydrogen) atoms. The average molecular weight is 435 g/mol. The molecule has 1 saturated carbocycles. The topological polar surface area (TPSA) is 94.6 Å². The molecule has 3 aromatic rings.